The Bertz CT molecular complexity index is 145. The molecule has 2 fully saturated rings. The fourth-order valence-corrected chi connectivity index (χ4v) is 2.52. The van der Waals surface area contributed by atoms with E-state index in [0.717, 1.165) is 19.1 Å². The molecule has 2 heterocycles. The molecule has 2 saturated heterocycles. The Hall–Kier alpha value is -0.120. The van der Waals surface area contributed by atoms with Crippen LogP contribution in [0.2, 0.25) is 0 Å². The lowest BCUT2D eigenvalue weighted by molar-refractivity contribution is 0.0774. The maximum atomic E-state index is 5.63. The molecule has 2 aliphatic rings. The smallest absolute Gasteiger partial charge is 0.0702 e. The molecule has 2 aliphatic heterocycles. The molecule has 3 heteroatoms. The van der Waals surface area contributed by atoms with Crippen molar-refractivity contribution < 1.29 is 4.74 Å². The lowest BCUT2D eigenvalue weighted by atomic mass is 10.1. The normalized spacial score (nSPS) is 33.0. The second kappa shape index (κ2) is 5.10. The summed E-state index contributed by atoms with van der Waals surface area (Å²) in [5.74, 6) is 0.862. The van der Waals surface area contributed by atoms with Crippen LogP contribution in [0, 0.1) is 5.92 Å². The molecule has 82 valence electrons. The van der Waals surface area contributed by atoms with Gasteiger partial charge in [0.1, 0.15) is 0 Å². The van der Waals surface area contributed by atoms with E-state index < -0.39 is 0 Å². The van der Waals surface area contributed by atoms with Crippen LogP contribution >= 0.6 is 0 Å². The van der Waals surface area contributed by atoms with E-state index in [2.05, 4.69) is 17.3 Å². The van der Waals surface area contributed by atoms with Crippen molar-refractivity contribution in [1.29, 1.82) is 0 Å². The van der Waals surface area contributed by atoms with Gasteiger partial charge >= 0.3 is 0 Å². The van der Waals surface area contributed by atoms with Gasteiger partial charge in [0, 0.05) is 19.7 Å². The molecular weight excluding hydrogens is 176 g/mol. The summed E-state index contributed by atoms with van der Waals surface area (Å²) in [6.45, 7) is 5.74. The molecule has 2 atom stereocenters. The molecule has 0 saturated carbocycles. The molecule has 0 aliphatic carbocycles. The fraction of sp³-hybridized carbons (Fsp3) is 1.00. The number of hydrogen-bond donors (Lipinski definition) is 1. The van der Waals surface area contributed by atoms with Gasteiger partial charge in [-0.15, -0.1) is 0 Å². The van der Waals surface area contributed by atoms with Crippen molar-refractivity contribution in [2.45, 2.75) is 25.4 Å². The van der Waals surface area contributed by atoms with Gasteiger partial charge in [0.25, 0.3) is 0 Å². The summed E-state index contributed by atoms with van der Waals surface area (Å²) in [5, 5.41) is 3.41. The quantitative estimate of drug-likeness (QED) is 0.720. The van der Waals surface area contributed by atoms with Gasteiger partial charge in [-0.05, 0) is 45.3 Å². The molecule has 0 aromatic carbocycles. The molecule has 0 aromatic heterocycles. The Balaban J connectivity index is 1.64. The summed E-state index contributed by atoms with van der Waals surface area (Å²) < 4.78 is 5.63. The predicted octanol–water partition coefficient (Wildman–Crippen LogP) is 0.707. The summed E-state index contributed by atoms with van der Waals surface area (Å²) >= 11 is 0. The molecule has 2 unspecified atom stereocenters. The lowest BCUT2D eigenvalue weighted by Crippen LogP contribution is -2.33. The number of hydrogen-bond acceptors (Lipinski definition) is 3. The minimum absolute atomic E-state index is 0.509. The zero-order valence-electron chi connectivity index (χ0n) is 9.17. The van der Waals surface area contributed by atoms with Crippen molar-refractivity contribution >= 4 is 0 Å². The summed E-state index contributed by atoms with van der Waals surface area (Å²) in [7, 11) is 2.22. The number of likely N-dealkylation sites (N-methyl/N-ethyl adjacent to an activating group) is 1. The van der Waals surface area contributed by atoms with Gasteiger partial charge in [-0.2, -0.15) is 0 Å². The van der Waals surface area contributed by atoms with Crippen LogP contribution in [0.25, 0.3) is 0 Å². The molecule has 14 heavy (non-hydrogen) atoms. The molecule has 0 spiro atoms. The van der Waals surface area contributed by atoms with Gasteiger partial charge in [-0.25, -0.2) is 0 Å². The Morgan fingerprint density at radius 3 is 2.93 bits per heavy atom. The molecule has 0 amide bonds. The Morgan fingerprint density at radius 1 is 1.36 bits per heavy atom. The third-order valence-corrected chi connectivity index (χ3v) is 3.27. The van der Waals surface area contributed by atoms with E-state index in [0.29, 0.717) is 6.10 Å². The van der Waals surface area contributed by atoms with Crippen molar-refractivity contribution in [2.24, 2.45) is 5.92 Å². The van der Waals surface area contributed by atoms with Crippen LogP contribution in [-0.2, 0) is 4.74 Å². The third kappa shape index (κ3) is 2.94. The van der Waals surface area contributed by atoms with E-state index in [1.165, 1.54) is 38.9 Å². The first-order valence-electron chi connectivity index (χ1n) is 5.85. The number of nitrogens with zero attached hydrogens (tertiary/aromatic N) is 1. The van der Waals surface area contributed by atoms with Gasteiger partial charge in [0.2, 0.25) is 0 Å². The SMILES string of the molecule is CN(CC1CCNC1)CC1CCCO1. The minimum atomic E-state index is 0.509. The van der Waals surface area contributed by atoms with Crippen LogP contribution in [0.1, 0.15) is 19.3 Å². The maximum absolute atomic E-state index is 5.63. The minimum Gasteiger partial charge on any atom is -0.377 e. The zero-order chi connectivity index (χ0) is 9.80. The molecule has 3 nitrogen and oxygen atoms in total. The fourth-order valence-electron chi connectivity index (χ4n) is 2.52. The monoisotopic (exact) mass is 198 g/mol. The van der Waals surface area contributed by atoms with E-state index in [9.17, 15) is 0 Å². The largest absolute Gasteiger partial charge is 0.377 e. The Labute approximate surface area is 86.8 Å². The standard InChI is InChI=1S/C11H22N2O/c1-13(8-10-4-5-12-7-10)9-11-3-2-6-14-11/h10-12H,2-9H2,1H3. The Morgan fingerprint density at radius 2 is 2.29 bits per heavy atom. The van der Waals surface area contributed by atoms with Gasteiger partial charge in [0.15, 0.2) is 0 Å². The zero-order valence-corrected chi connectivity index (χ0v) is 9.17. The molecule has 1 N–H and O–H groups in total. The van der Waals surface area contributed by atoms with Crippen molar-refractivity contribution in [2.75, 3.05) is 39.8 Å². The summed E-state index contributed by atoms with van der Waals surface area (Å²) in [6, 6.07) is 0. The van der Waals surface area contributed by atoms with Crippen LogP contribution in [0.5, 0.6) is 0 Å². The summed E-state index contributed by atoms with van der Waals surface area (Å²) in [6.07, 6.45) is 4.36. The van der Waals surface area contributed by atoms with Crippen LogP contribution in [0.15, 0.2) is 0 Å². The highest BCUT2D eigenvalue weighted by Gasteiger charge is 2.20. The van der Waals surface area contributed by atoms with Crippen LogP contribution < -0.4 is 5.32 Å². The first-order chi connectivity index (χ1) is 6.84. The molecule has 2 rings (SSSR count). The van der Waals surface area contributed by atoms with Gasteiger partial charge < -0.3 is 15.0 Å². The highest BCUT2D eigenvalue weighted by Crippen LogP contribution is 2.14. The number of ether oxygens (including phenoxy) is 1. The predicted molar refractivity (Wildman–Crippen MR) is 57.4 cm³/mol. The molecule has 0 bridgehead atoms. The van der Waals surface area contributed by atoms with Crippen LogP contribution in [0.4, 0.5) is 0 Å². The second-order valence-corrected chi connectivity index (χ2v) is 4.72. The Kier molecular flexibility index (Phi) is 3.79. The number of rotatable bonds is 4. The first-order valence-corrected chi connectivity index (χ1v) is 5.85. The second-order valence-electron chi connectivity index (χ2n) is 4.72. The van der Waals surface area contributed by atoms with E-state index in [4.69, 9.17) is 4.74 Å². The topological polar surface area (TPSA) is 24.5 Å². The van der Waals surface area contributed by atoms with Crippen molar-refractivity contribution in [3.63, 3.8) is 0 Å². The summed E-state index contributed by atoms with van der Waals surface area (Å²) in [4.78, 5) is 2.44. The maximum Gasteiger partial charge on any atom is 0.0702 e. The molecule has 0 aromatic rings. The average Bonchev–Trinajstić information content (AvgIpc) is 2.76. The van der Waals surface area contributed by atoms with Crippen molar-refractivity contribution in [3.8, 4) is 0 Å². The van der Waals surface area contributed by atoms with Gasteiger partial charge in [-0.1, -0.05) is 0 Å². The average molecular weight is 198 g/mol. The lowest BCUT2D eigenvalue weighted by Gasteiger charge is -2.23. The van der Waals surface area contributed by atoms with Crippen molar-refractivity contribution in [3.05, 3.63) is 0 Å². The van der Waals surface area contributed by atoms with Crippen LogP contribution in [0.3, 0.4) is 0 Å². The molecule has 0 radical (unpaired) electrons. The number of nitrogens with one attached hydrogen (secondary N) is 1. The van der Waals surface area contributed by atoms with Gasteiger partial charge in [-0.3, -0.25) is 0 Å². The van der Waals surface area contributed by atoms with E-state index in [1.54, 1.807) is 0 Å². The third-order valence-electron chi connectivity index (χ3n) is 3.27. The molecular formula is C11H22N2O. The van der Waals surface area contributed by atoms with Crippen molar-refractivity contribution in [1.82, 2.24) is 10.2 Å². The van der Waals surface area contributed by atoms with E-state index >= 15 is 0 Å². The first kappa shape index (κ1) is 10.4. The van der Waals surface area contributed by atoms with E-state index in [1.807, 2.05) is 0 Å². The highest BCUT2D eigenvalue weighted by molar-refractivity contribution is 4.76. The summed E-state index contributed by atoms with van der Waals surface area (Å²) in [5.41, 5.74) is 0. The van der Waals surface area contributed by atoms with E-state index in [-0.39, 0.29) is 0 Å². The van der Waals surface area contributed by atoms with Gasteiger partial charge in [0.05, 0.1) is 6.10 Å². The highest BCUT2D eigenvalue weighted by atomic mass is 16.5. The van der Waals surface area contributed by atoms with Crippen LogP contribution in [-0.4, -0.2) is 50.8 Å².